The van der Waals surface area contributed by atoms with Gasteiger partial charge in [-0.15, -0.1) is 0 Å². The Labute approximate surface area is 172 Å². The van der Waals surface area contributed by atoms with Crippen LogP contribution in [0.5, 0.6) is 0 Å². The van der Waals surface area contributed by atoms with Crippen LogP contribution in [0.4, 0.5) is 4.39 Å². The lowest BCUT2D eigenvalue weighted by atomic mass is 9.95. The molecule has 2 aromatic carbocycles. The van der Waals surface area contributed by atoms with E-state index < -0.39 is 0 Å². The number of hydrogen-bond acceptors (Lipinski definition) is 3. The molecule has 2 atom stereocenters. The minimum atomic E-state index is -0.240. The molecule has 0 aliphatic carbocycles. The highest BCUT2D eigenvalue weighted by Crippen LogP contribution is 2.37. The highest BCUT2D eigenvalue weighted by atomic mass is 35.5. The van der Waals surface area contributed by atoms with Crippen LogP contribution in [0.2, 0.25) is 5.02 Å². The van der Waals surface area contributed by atoms with Gasteiger partial charge in [-0.25, -0.2) is 9.37 Å². The summed E-state index contributed by atoms with van der Waals surface area (Å²) in [4.78, 5) is 8.94. The van der Waals surface area contributed by atoms with Crippen molar-refractivity contribution in [2.75, 3.05) is 6.61 Å². The van der Waals surface area contributed by atoms with Crippen LogP contribution in [0.15, 0.2) is 61.1 Å². The molecule has 146 valence electrons. The van der Waals surface area contributed by atoms with Crippen LogP contribution in [0.3, 0.4) is 0 Å². The molecule has 0 spiro atoms. The van der Waals surface area contributed by atoms with Crippen LogP contribution in [0.1, 0.15) is 24.3 Å². The second-order valence-electron chi connectivity index (χ2n) is 7.53. The van der Waals surface area contributed by atoms with Crippen molar-refractivity contribution in [1.82, 2.24) is 14.5 Å². The van der Waals surface area contributed by atoms with E-state index in [4.69, 9.17) is 16.3 Å². The van der Waals surface area contributed by atoms with Gasteiger partial charge in [0.1, 0.15) is 11.9 Å². The van der Waals surface area contributed by atoms with Crippen LogP contribution in [-0.4, -0.2) is 21.1 Å². The molecular formula is C23H19ClFN3O. The number of rotatable bonds is 4. The molecule has 3 heterocycles. The van der Waals surface area contributed by atoms with E-state index in [2.05, 4.69) is 23.0 Å². The number of halogens is 2. The maximum Gasteiger partial charge on any atom is 0.123 e. The fourth-order valence-electron chi connectivity index (χ4n) is 3.78. The zero-order valence-electron chi connectivity index (χ0n) is 15.8. The van der Waals surface area contributed by atoms with Crippen LogP contribution >= 0.6 is 11.6 Å². The third kappa shape index (κ3) is 3.41. The molecule has 0 amide bonds. The van der Waals surface area contributed by atoms with Gasteiger partial charge in [0.05, 0.1) is 34.7 Å². The molecule has 1 fully saturated rings. The Kier molecular flexibility index (Phi) is 4.57. The molecule has 2 aromatic heterocycles. The highest BCUT2D eigenvalue weighted by Gasteiger charge is 2.31. The lowest BCUT2D eigenvalue weighted by molar-refractivity contribution is -0.111. The number of imidazole rings is 1. The van der Waals surface area contributed by atoms with E-state index >= 15 is 0 Å². The fourth-order valence-corrected chi connectivity index (χ4v) is 3.99. The number of benzene rings is 2. The van der Waals surface area contributed by atoms with Crippen molar-refractivity contribution >= 4 is 22.6 Å². The van der Waals surface area contributed by atoms with Crippen molar-refractivity contribution in [3.8, 4) is 11.1 Å². The minimum absolute atomic E-state index is 0.0215. The predicted octanol–water partition coefficient (Wildman–Crippen LogP) is 5.65. The molecule has 4 aromatic rings. The molecule has 1 aliphatic rings. The van der Waals surface area contributed by atoms with E-state index in [-0.39, 0.29) is 11.9 Å². The minimum Gasteiger partial charge on any atom is -0.371 e. The standard InChI is InChI=1S/C23H19ClFN3O/c1-14-12-29-23(14)21-9-18(19(24)10-26-21)16-5-6-20-22(8-16)28(13-27-20)11-15-3-2-4-17(25)7-15/h2-10,13-14,23H,11-12H2,1H3. The normalized spacial score (nSPS) is 18.7. The first-order valence-corrected chi connectivity index (χ1v) is 9.93. The maximum absolute atomic E-state index is 13.5. The zero-order chi connectivity index (χ0) is 20.0. The summed E-state index contributed by atoms with van der Waals surface area (Å²) in [6, 6.07) is 14.7. The van der Waals surface area contributed by atoms with E-state index in [0.29, 0.717) is 17.5 Å². The number of fused-ring (bicyclic) bond motifs is 1. The molecule has 0 radical (unpaired) electrons. The number of aromatic nitrogens is 3. The molecule has 0 saturated carbocycles. The Bertz CT molecular complexity index is 1210. The number of nitrogens with zero attached hydrogens (tertiary/aromatic N) is 3. The van der Waals surface area contributed by atoms with E-state index in [0.717, 1.165) is 40.0 Å². The third-order valence-electron chi connectivity index (χ3n) is 5.40. The summed E-state index contributed by atoms with van der Waals surface area (Å²) >= 11 is 6.48. The molecule has 1 saturated heterocycles. The van der Waals surface area contributed by atoms with Crippen molar-refractivity contribution in [2.24, 2.45) is 5.92 Å². The van der Waals surface area contributed by atoms with Gasteiger partial charge in [0.25, 0.3) is 0 Å². The lowest BCUT2D eigenvalue weighted by Gasteiger charge is -2.33. The zero-order valence-corrected chi connectivity index (χ0v) is 16.6. The number of pyridine rings is 1. The van der Waals surface area contributed by atoms with E-state index in [1.165, 1.54) is 6.07 Å². The van der Waals surface area contributed by atoms with Gasteiger partial charge in [0, 0.05) is 24.2 Å². The molecule has 29 heavy (non-hydrogen) atoms. The van der Waals surface area contributed by atoms with Crippen LogP contribution in [0, 0.1) is 11.7 Å². The van der Waals surface area contributed by atoms with Gasteiger partial charge in [0.15, 0.2) is 0 Å². The Morgan fingerprint density at radius 3 is 2.83 bits per heavy atom. The van der Waals surface area contributed by atoms with Gasteiger partial charge in [0.2, 0.25) is 0 Å². The van der Waals surface area contributed by atoms with Crippen LogP contribution < -0.4 is 0 Å². The molecule has 0 N–H and O–H groups in total. The SMILES string of the molecule is CC1COC1c1cc(-c2ccc3ncn(Cc4cccc(F)c4)c3c2)c(Cl)cn1. The summed E-state index contributed by atoms with van der Waals surface area (Å²) in [5.41, 5.74) is 5.53. The first-order chi connectivity index (χ1) is 14.1. The van der Waals surface area contributed by atoms with E-state index in [1.54, 1.807) is 24.7 Å². The first kappa shape index (κ1) is 18.3. The molecule has 4 nitrogen and oxygen atoms in total. The Morgan fingerprint density at radius 2 is 2.07 bits per heavy atom. The van der Waals surface area contributed by atoms with Crippen molar-refractivity contribution in [2.45, 2.75) is 19.6 Å². The molecule has 2 unspecified atom stereocenters. The van der Waals surface area contributed by atoms with Gasteiger partial charge in [-0.1, -0.05) is 36.7 Å². The van der Waals surface area contributed by atoms with E-state index in [9.17, 15) is 4.39 Å². The molecule has 1 aliphatic heterocycles. The quantitative estimate of drug-likeness (QED) is 0.439. The van der Waals surface area contributed by atoms with Gasteiger partial charge < -0.3 is 9.30 Å². The topological polar surface area (TPSA) is 39.9 Å². The number of ether oxygens (including phenoxy) is 1. The second-order valence-corrected chi connectivity index (χ2v) is 7.93. The number of hydrogen-bond donors (Lipinski definition) is 0. The summed E-state index contributed by atoms with van der Waals surface area (Å²) < 4.78 is 21.2. The monoisotopic (exact) mass is 407 g/mol. The smallest absolute Gasteiger partial charge is 0.123 e. The summed E-state index contributed by atoms with van der Waals surface area (Å²) in [5.74, 6) is 0.211. The highest BCUT2D eigenvalue weighted by molar-refractivity contribution is 6.33. The molecule has 6 heteroatoms. The van der Waals surface area contributed by atoms with Crippen LogP contribution in [-0.2, 0) is 11.3 Å². The second kappa shape index (κ2) is 7.25. The fraction of sp³-hybridized carbons (Fsp3) is 0.217. The lowest BCUT2D eigenvalue weighted by Crippen LogP contribution is -2.30. The summed E-state index contributed by atoms with van der Waals surface area (Å²) in [7, 11) is 0. The van der Waals surface area contributed by atoms with Gasteiger partial charge >= 0.3 is 0 Å². The first-order valence-electron chi connectivity index (χ1n) is 9.55. The maximum atomic E-state index is 13.5. The van der Waals surface area contributed by atoms with Gasteiger partial charge in [-0.3, -0.25) is 4.98 Å². The van der Waals surface area contributed by atoms with Gasteiger partial charge in [-0.05, 0) is 41.5 Å². The van der Waals surface area contributed by atoms with Crippen molar-refractivity contribution < 1.29 is 9.13 Å². The van der Waals surface area contributed by atoms with Crippen molar-refractivity contribution in [3.05, 3.63) is 83.2 Å². The predicted molar refractivity (Wildman–Crippen MR) is 111 cm³/mol. The largest absolute Gasteiger partial charge is 0.371 e. The summed E-state index contributed by atoms with van der Waals surface area (Å²) in [6.45, 7) is 3.46. The molecule has 0 bridgehead atoms. The molecular weight excluding hydrogens is 389 g/mol. The van der Waals surface area contributed by atoms with E-state index in [1.807, 2.05) is 28.8 Å². The average Bonchev–Trinajstić information content (AvgIpc) is 3.10. The molecule has 5 rings (SSSR count). The van der Waals surface area contributed by atoms with Gasteiger partial charge in [-0.2, -0.15) is 0 Å². The Hall–Kier alpha value is -2.76. The Balaban J connectivity index is 1.54. The Morgan fingerprint density at radius 1 is 1.17 bits per heavy atom. The van der Waals surface area contributed by atoms with Crippen LogP contribution in [0.25, 0.3) is 22.2 Å². The third-order valence-corrected chi connectivity index (χ3v) is 5.70. The van der Waals surface area contributed by atoms with Crippen molar-refractivity contribution in [1.29, 1.82) is 0 Å². The average molecular weight is 408 g/mol. The van der Waals surface area contributed by atoms with Crippen molar-refractivity contribution in [3.63, 3.8) is 0 Å². The summed E-state index contributed by atoms with van der Waals surface area (Å²) in [6.07, 6.45) is 3.49. The summed E-state index contributed by atoms with van der Waals surface area (Å²) in [5, 5.41) is 0.594.